The topological polar surface area (TPSA) is 60.5 Å². The molecule has 0 aliphatic rings. The van der Waals surface area contributed by atoms with Crippen LogP contribution in [0.25, 0.3) is 10.8 Å². The Kier molecular flexibility index (Phi) is 6.13. The highest BCUT2D eigenvalue weighted by atomic mass is 16.5. The number of carbonyl (C=O) groups is 1. The van der Waals surface area contributed by atoms with Gasteiger partial charge in [0.2, 0.25) is 0 Å². The quantitative estimate of drug-likeness (QED) is 0.447. The van der Waals surface area contributed by atoms with Crippen LogP contribution in [0.5, 0.6) is 11.5 Å². The van der Waals surface area contributed by atoms with Gasteiger partial charge in [-0.1, -0.05) is 42.5 Å². The third-order valence-corrected chi connectivity index (χ3v) is 5.21. The van der Waals surface area contributed by atoms with E-state index in [1.165, 1.54) is 0 Å². The summed E-state index contributed by atoms with van der Waals surface area (Å²) in [5.74, 6) is 1.16. The molecule has 3 aromatic carbocycles. The monoisotopic (exact) mass is 412 g/mol. The van der Waals surface area contributed by atoms with Gasteiger partial charge in [0.1, 0.15) is 6.61 Å². The first-order valence-corrected chi connectivity index (χ1v) is 10.1. The first-order chi connectivity index (χ1) is 15.2. The van der Waals surface area contributed by atoms with Crippen molar-refractivity contribution in [3.05, 3.63) is 102 Å². The van der Waals surface area contributed by atoms with Gasteiger partial charge in [-0.05, 0) is 59.2 Å². The van der Waals surface area contributed by atoms with Gasteiger partial charge in [0, 0.05) is 18.0 Å². The van der Waals surface area contributed by atoms with Gasteiger partial charge < -0.3 is 14.8 Å². The van der Waals surface area contributed by atoms with Crippen LogP contribution in [0.2, 0.25) is 0 Å². The Morgan fingerprint density at radius 2 is 1.74 bits per heavy atom. The van der Waals surface area contributed by atoms with Crippen LogP contribution in [0.4, 0.5) is 0 Å². The summed E-state index contributed by atoms with van der Waals surface area (Å²) < 4.78 is 11.4. The highest BCUT2D eigenvalue weighted by Gasteiger charge is 2.16. The van der Waals surface area contributed by atoms with Gasteiger partial charge in [-0.25, -0.2) is 0 Å². The molecule has 1 heterocycles. The molecule has 0 aliphatic heterocycles. The summed E-state index contributed by atoms with van der Waals surface area (Å²) >= 11 is 0. The molecular weight excluding hydrogens is 388 g/mol. The lowest BCUT2D eigenvalue weighted by Crippen LogP contribution is -2.26. The molecule has 1 atom stereocenters. The maximum atomic E-state index is 13.0. The Morgan fingerprint density at radius 1 is 0.968 bits per heavy atom. The van der Waals surface area contributed by atoms with Gasteiger partial charge in [-0.15, -0.1) is 0 Å². The number of nitrogens with one attached hydrogen (secondary N) is 1. The van der Waals surface area contributed by atoms with E-state index in [0.29, 0.717) is 23.7 Å². The zero-order chi connectivity index (χ0) is 21.6. The van der Waals surface area contributed by atoms with Crippen molar-refractivity contribution in [2.45, 2.75) is 19.6 Å². The molecule has 156 valence electrons. The second-order valence-electron chi connectivity index (χ2n) is 7.28. The molecular formula is C26H24N2O3. The van der Waals surface area contributed by atoms with Gasteiger partial charge in [0.25, 0.3) is 5.91 Å². The van der Waals surface area contributed by atoms with Crippen molar-refractivity contribution >= 4 is 16.7 Å². The molecule has 1 N–H and O–H groups in total. The smallest absolute Gasteiger partial charge is 0.252 e. The number of methoxy groups -OCH3 is 1. The second-order valence-corrected chi connectivity index (χ2v) is 7.28. The number of pyridine rings is 1. The number of ether oxygens (including phenoxy) is 2. The lowest BCUT2D eigenvalue weighted by atomic mass is 10.0. The lowest BCUT2D eigenvalue weighted by Gasteiger charge is -2.18. The van der Waals surface area contributed by atoms with Crippen LogP contribution in [-0.2, 0) is 6.61 Å². The molecule has 0 fully saturated rings. The number of rotatable bonds is 7. The third kappa shape index (κ3) is 4.67. The van der Waals surface area contributed by atoms with Gasteiger partial charge in [0.15, 0.2) is 11.5 Å². The van der Waals surface area contributed by atoms with E-state index >= 15 is 0 Å². The first kappa shape index (κ1) is 20.4. The van der Waals surface area contributed by atoms with E-state index in [1.54, 1.807) is 19.5 Å². The third-order valence-electron chi connectivity index (χ3n) is 5.21. The zero-order valence-corrected chi connectivity index (χ0v) is 17.5. The summed E-state index contributed by atoms with van der Waals surface area (Å²) in [6.07, 6.45) is 3.47. The van der Waals surface area contributed by atoms with E-state index < -0.39 is 0 Å². The van der Waals surface area contributed by atoms with Gasteiger partial charge in [0.05, 0.1) is 13.2 Å². The normalized spacial score (nSPS) is 11.7. The number of amides is 1. The Balaban J connectivity index is 1.49. The van der Waals surface area contributed by atoms with Crippen LogP contribution in [0.1, 0.15) is 34.5 Å². The molecule has 0 spiro atoms. The summed E-state index contributed by atoms with van der Waals surface area (Å²) in [5, 5.41) is 5.07. The van der Waals surface area contributed by atoms with Gasteiger partial charge >= 0.3 is 0 Å². The van der Waals surface area contributed by atoms with E-state index in [4.69, 9.17) is 9.47 Å². The Labute approximate surface area is 181 Å². The SMILES string of the molecule is COc1cc(C(C)NC(=O)c2cccc3ccccc23)ccc1OCc1ccncc1. The van der Waals surface area contributed by atoms with Crippen LogP contribution in [-0.4, -0.2) is 18.0 Å². The number of carbonyl (C=O) groups excluding carboxylic acids is 1. The van der Waals surface area contributed by atoms with E-state index in [0.717, 1.165) is 21.9 Å². The second kappa shape index (κ2) is 9.30. The molecule has 4 aromatic rings. The first-order valence-electron chi connectivity index (χ1n) is 10.1. The minimum Gasteiger partial charge on any atom is -0.493 e. The Morgan fingerprint density at radius 3 is 2.55 bits per heavy atom. The highest BCUT2D eigenvalue weighted by Crippen LogP contribution is 2.31. The number of aromatic nitrogens is 1. The highest BCUT2D eigenvalue weighted by molar-refractivity contribution is 6.07. The molecule has 5 heteroatoms. The molecule has 1 unspecified atom stereocenters. The summed E-state index contributed by atoms with van der Waals surface area (Å²) in [6, 6.07) is 23.0. The molecule has 31 heavy (non-hydrogen) atoms. The molecule has 0 radical (unpaired) electrons. The van der Waals surface area contributed by atoms with E-state index in [2.05, 4.69) is 10.3 Å². The number of benzene rings is 3. The molecule has 0 aliphatic carbocycles. The van der Waals surface area contributed by atoms with Crippen molar-refractivity contribution in [3.63, 3.8) is 0 Å². The maximum Gasteiger partial charge on any atom is 0.252 e. The molecule has 0 saturated carbocycles. The molecule has 0 saturated heterocycles. The molecule has 4 rings (SSSR count). The van der Waals surface area contributed by atoms with E-state index in [9.17, 15) is 4.79 Å². The van der Waals surface area contributed by atoms with Crippen LogP contribution in [0.15, 0.2) is 85.2 Å². The molecule has 5 nitrogen and oxygen atoms in total. The minimum absolute atomic E-state index is 0.110. The van der Waals surface area contributed by atoms with Crippen molar-refractivity contribution < 1.29 is 14.3 Å². The van der Waals surface area contributed by atoms with Crippen LogP contribution in [0, 0.1) is 0 Å². The zero-order valence-electron chi connectivity index (χ0n) is 17.5. The van der Waals surface area contributed by atoms with Gasteiger partial charge in [-0.2, -0.15) is 0 Å². The fraction of sp³-hybridized carbons (Fsp3) is 0.154. The average molecular weight is 412 g/mol. The summed E-state index contributed by atoms with van der Waals surface area (Å²) in [4.78, 5) is 17.0. The number of hydrogen-bond acceptors (Lipinski definition) is 4. The molecule has 1 aromatic heterocycles. The van der Waals surface area contributed by atoms with Crippen LogP contribution in [0.3, 0.4) is 0 Å². The predicted molar refractivity (Wildman–Crippen MR) is 121 cm³/mol. The fourth-order valence-electron chi connectivity index (χ4n) is 3.49. The largest absolute Gasteiger partial charge is 0.493 e. The van der Waals surface area contributed by atoms with Crippen molar-refractivity contribution in [1.82, 2.24) is 10.3 Å². The standard InChI is InChI=1S/C26H24N2O3/c1-18(28-26(29)23-9-5-7-20-6-3-4-8-22(20)23)21-10-11-24(25(16-21)30-2)31-17-19-12-14-27-15-13-19/h3-16,18H,17H2,1-2H3,(H,28,29). The van der Waals surface area contributed by atoms with Gasteiger partial charge in [-0.3, -0.25) is 9.78 Å². The summed E-state index contributed by atoms with van der Waals surface area (Å²) in [6.45, 7) is 2.38. The van der Waals surface area contributed by atoms with Crippen molar-refractivity contribution in [1.29, 1.82) is 0 Å². The van der Waals surface area contributed by atoms with E-state index in [-0.39, 0.29) is 11.9 Å². The lowest BCUT2D eigenvalue weighted by molar-refractivity contribution is 0.0941. The number of hydrogen-bond donors (Lipinski definition) is 1. The van der Waals surface area contributed by atoms with Crippen LogP contribution >= 0.6 is 0 Å². The predicted octanol–water partition coefficient (Wildman–Crippen LogP) is 5.31. The average Bonchev–Trinajstić information content (AvgIpc) is 2.82. The Bertz CT molecular complexity index is 1190. The number of fused-ring (bicyclic) bond motifs is 1. The van der Waals surface area contributed by atoms with Crippen molar-refractivity contribution in [2.75, 3.05) is 7.11 Å². The van der Waals surface area contributed by atoms with E-state index in [1.807, 2.05) is 79.7 Å². The minimum atomic E-state index is -0.199. The van der Waals surface area contributed by atoms with Crippen LogP contribution < -0.4 is 14.8 Å². The summed E-state index contributed by atoms with van der Waals surface area (Å²) in [7, 11) is 1.61. The van der Waals surface area contributed by atoms with Crippen molar-refractivity contribution in [2.24, 2.45) is 0 Å². The van der Waals surface area contributed by atoms with Crippen molar-refractivity contribution in [3.8, 4) is 11.5 Å². The summed E-state index contributed by atoms with van der Waals surface area (Å²) in [5.41, 5.74) is 2.62. The molecule has 0 bridgehead atoms. The molecule has 1 amide bonds. The maximum absolute atomic E-state index is 13.0. The fourth-order valence-corrected chi connectivity index (χ4v) is 3.49. The number of nitrogens with zero attached hydrogens (tertiary/aromatic N) is 1. The Hall–Kier alpha value is -3.86.